The number of hydrogen-bond donors (Lipinski definition) is 4. The Morgan fingerprint density at radius 1 is 0.829 bits per heavy atom. The van der Waals surface area contributed by atoms with E-state index in [1.165, 1.54) is 30.3 Å². The molecule has 5 rings (SSSR count). The molecule has 1 amide bonds. The van der Waals surface area contributed by atoms with Crippen LogP contribution in [0.5, 0.6) is 5.75 Å². The summed E-state index contributed by atoms with van der Waals surface area (Å²) in [5.74, 6) is -1.41. The Morgan fingerprint density at radius 2 is 1.60 bits per heavy atom. The van der Waals surface area contributed by atoms with E-state index in [-0.39, 0.29) is 22.8 Å². The minimum absolute atomic E-state index is 0.0980. The molecule has 1 aromatic heterocycles. The molecule has 1 atom stereocenters. The van der Waals surface area contributed by atoms with Gasteiger partial charge in [-0.25, -0.2) is 4.79 Å². The fraction of sp³-hybridized carbons (Fsp3) is 0.0714. The van der Waals surface area contributed by atoms with Gasteiger partial charge in [-0.05, 0) is 76.5 Å². The highest BCUT2D eigenvalue weighted by atomic mass is 16.4. The molecule has 4 aromatic carbocycles. The molecule has 0 fully saturated rings. The van der Waals surface area contributed by atoms with Crippen LogP contribution in [0.4, 0.5) is 0 Å². The standard InChI is InChI=1S/C28H21NO6/c30-24-14-19-6-7-21(27(32)29-15-16-1-8-25-20(11-16)9-10-35-25)12-22(19)13-23(24)26(31)17-2-4-18(5-3-17)28(33)34/h1-14,26,30-31H,15H2,(H,29,32)(H,33,34). The summed E-state index contributed by atoms with van der Waals surface area (Å²) < 4.78 is 5.34. The minimum Gasteiger partial charge on any atom is -0.508 e. The van der Waals surface area contributed by atoms with Crippen molar-refractivity contribution in [3.8, 4) is 5.75 Å². The van der Waals surface area contributed by atoms with Gasteiger partial charge in [-0.15, -0.1) is 0 Å². The van der Waals surface area contributed by atoms with Crippen LogP contribution in [-0.4, -0.2) is 27.2 Å². The van der Waals surface area contributed by atoms with Gasteiger partial charge in [0.15, 0.2) is 0 Å². The highest BCUT2D eigenvalue weighted by Crippen LogP contribution is 2.33. The van der Waals surface area contributed by atoms with E-state index >= 15 is 0 Å². The number of amides is 1. The summed E-state index contributed by atoms with van der Waals surface area (Å²) in [4.78, 5) is 23.9. The van der Waals surface area contributed by atoms with Crippen LogP contribution in [0.25, 0.3) is 21.7 Å². The van der Waals surface area contributed by atoms with Crippen molar-refractivity contribution in [2.24, 2.45) is 0 Å². The Kier molecular flexibility index (Phi) is 5.68. The zero-order valence-corrected chi connectivity index (χ0v) is 18.4. The number of carbonyl (C=O) groups is 2. The predicted molar refractivity (Wildman–Crippen MR) is 130 cm³/mol. The van der Waals surface area contributed by atoms with Gasteiger partial charge in [0, 0.05) is 23.1 Å². The lowest BCUT2D eigenvalue weighted by Crippen LogP contribution is -2.22. The van der Waals surface area contributed by atoms with Gasteiger partial charge in [-0.1, -0.05) is 24.3 Å². The molecular weight excluding hydrogens is 446 g/mol. The molecule has 0 bridgehead atoms. The predicted octanol–water partition coefficient (Wildman–Crippen LogP) is 5.00. The molecule has 5 aromatic rings. The van der Waals surface area contributed by atoms with Crippen LogP contribution in [-0.2, 0) is 6.54 Å². The van der Waals surface area contributed by atoms with Crippen molar-refractivity contribution in [3.05, 3.63) is 113 Å². The second-order valence-electron chi connectivity index (χ2n) is 8.28. The summed E-state index contributed by atoms with van der Waals surface area (Å²) in [6.07, 6.45) is 0.452. The lowest BCUT2D eigenvalue weighted by atomic mass is 9.96. The van der Waals surface area contributed by atoms with Crippen molar-refractivity contribution < 1.29 is 29.3 Å². The van der Waals surface area contributed by atoms with E-state index in [1.807, 2.05) is 24.3 Å². The normalized spacial score (nSPS) is 12.0. The second kappa shape index (κ2) is 8.96. The second-order valence-corrected chi connectivity index (χ2v) is 8.28. The largest absolute Gasteiger partial charge is 0.508 e. The number of rotatable bonds is 6. The molecule has 4 N–H and O–H groups in total. The number of phenolic OH excluding ortho intramolecular Hbond substituents is 1. The molecule has 0 radical (unpaired) electrons. The van der Waals surface area contributed by atoms with Crippen LogP contribution >= 0.6 is 0 Å². The van der Waals surface area contributed by atoms with Crippen LogP contribution < -0.4 is 5.32 Å². The van der Waals surface area contributed by atoms with Crippen LogP contribution in [0, 0.1) is 0 Å². The lowest BCUT2D eigenvalue weighted by molar-refractivity contribution is 0.0696. The molecule has 1 unspecified atom stereocenters. The molecule has 0 aliphatic heterocycles. The molecule has 0 aliphatic rings. The van der Waals surface area contributed by atoms with Crippen molar-refractivity contribution in [1.82, 2.24) is 5.32 Å². The van der Waals surface area contributed by atoms with Gasteiger partial charge in [0.2, 0.25) is 0 Å². The average Bonchev–Trinajstić information content (AvgIpc) is 3.34. The maximum atomic E-state index is 12.8. The number of aliphatic hydroxyl groups is 1. The van der Waals surface area contributed by atoms with E-state index in [9.17, 15) is 19.8 Å². The fourth-order valence-electron chi connectivity index (χ4n) is 4.06. The number of aliphatic hydroxyl groups excluding tert-OH is 1. The molecule has 7 nitrogen and oxygen atoms in total. The number of aromatic hydroxyl groups is 1. The monoisotopic (exact) mass is 467 g/mol. The number of fused-ring (bicyclic) bond motifs is 2. The van der Waals surface area contributed by atoms with E-state index in [0.29, 0.717) is 28.4 Å². The topological polar surface area (TPSA) is 120 Å². The van der Waals surface area contributed by atoms with Gasteiger partial charge in [-0.2, -0.15) is 0 Å². The van der Waals surface area contributed by atoms with E-state index in [2.05, 4.69) is 5.32 Å². The van der Waals surface area contributed by atoms with E-state index in [0.717, 1.165) is 16.5 Å². The summed E-state index contributed by atoms with van der Waals surface area (Å²) >= 11 is 0. The van der Waals surface area contributed by atoms with Gasteiger partial charge in [0.05, 0.1) is 11.8 Å². The number of phenols is 1. The summed E-state index contributed by atoms with van der Waals surface area (Å²) in [7, 11) is 0. The first kappa shape index (κ1) is 22.2. The van der Waals surface area contributed by atoms with Crippen molar-refractivity contribution in [1.29, 1.82) is 0 Å². The number of carbonyl (C=O) groups excluding carboxylic acids is 1. The quantitative estimate of drug-likeness (QED) is 0.279. The smallest absolute Gasteiger partial charge is 0.335 e. The lowest BCUT2D eigenvalue weighted by Gasteiger charge is -2.15. The van der Waals surface area contributed by atoms with Crippen molar-refractivity contribution in [3.63, 3.8) is 0 Å². The Balaban J connectivity index is 1.37. The molecule has 0 saturated heterocycles. The van der Waals surface area contributed by atoms with Gasteiger partial charge < -0.3 is 25.1 Å². The fourth-order valence-corrected chi connectivity index (χ4v) is 4.06. The van der Waals surface area contributed by atoms with Crippen molar-refractivity contribution in [2.75, 3.05) is 0 Å². The molecule has 0 spiro atoms. The Hall–Kier alpha value is -4.62. The maximum Gasteiger partial charge on any atom is 0.335 e. The molecule has 1 heterocycles. The molecule has 7 heteroatoms. The Bertz CT molecular complexity index is 1570. The first-order chi connectivity index (χ1) is 16.9. The highest BCUT2D eigenvalue weighted by molar-refractivity contribution is 5.99. The van der Waals surface area contributed by atoms with Gasteiger partial charge >= 0.3 is 5.97 Å². The Morgan fingerprint density at radius 3 is 2.37 bits per heavy atom. The minimum atomic E-state index is -1.17. The molecule has 174 valence electrons. The number of benzene rings is 4. The van der Waals surface area contributed by atoms with Crippen molar-refractivity contribution in [2.45, 2.75) is 12.6 Å². The molecule has 35 heavy (non-hydrogen) atoms. The molecule has 0 aliphatic carbocycles. The first-order valence-electron chi connectivity index (χ1n) is 10.9. The van der Waals surface area contributed by atoms with Crippen LogP contribution in [0.15, 0.2) is 89.5 Å². The van der Waals surface area contributed by atoms with E-state index in [1.54, 1.807) is 30.5 Å². The summed E-state index contributed by atoms with van der Waals surface area (Å²) in [5, 5.41) is 35.6. The molecular formula is C28H21NO6. The third-order valence-corrected chi connectivity index (χ3v) is 5.99. The number of carboxylic acids is 1. The third kappa shape index (κ3) is 4.45. The van der Waals surface area contributed by atoms with Crippen LogP contribution in [0.2, 0.25) is 0 Å². The van der Waals surface area contributed by atoms with Gasteiger partial charge in [0.1, 0.15) is 17.4 Å². The number of nitrogens with one attached hydrogen (secondary N) is 1. The summed E-state index contributed by atoms with van der Waals surface area (Å²) in [5.41, 5.74) is 2.97. The SMILES string of the molecule is O=C(O)c1ccc(C(O)c2cc3cc(C(=O)NCc4ccc5occc5c4)ccc3cc2O)cc1. The number of carboxylic acid groups (broad SMARTS) is 1. The van der Waals surface area contributed by atoms with E-state index in [4.69, 9.17) is 9.52 Å². The zero-order valence-electron chi connectivity index (χ0n) is 18.4. The highest BCUT2D eigenvalue weighted by Gasteiger charge is 2.17. The van der Waals surface area contributed by atoms with Gasteiger partial charge in [-0.3, -0.25) is 4.79 Å². The first-order valence-corrected chi connectivity index (χ1v) is 10.9. The summed E-state index contributed by atoms with van der Waals surface area (Å²) in [6.45, 7) is 0.351. The van der Waals surface area contributed by atoms with Crippen LogP contribution in [0.3, 0.4) is 0 Å². The zero-order chi connectivity index (χ0) is 24.5. The van der Waals surface area contributed by atoms with Gasteiger partial charge in [0.25, 0.3) is 5.91 Å². The van der Waals surface area contributed by atoms with E-state index < -0.39 is 12.1 Å². The Labute approximate surface area is 199 Å². The molecule has 0 saturated carbocycles. The average molecular weight is 467 g/mol. The van der Waals surface area contributed by atoms with Crippen molar-refractivity contribution >= 4 is 33.6 Å². The number of hydrogen-bond acceptors (Lipinski definition) is 5. The number of furan rings is 1. The van der Waals surface area contributed by atoms with Crippen LogP contribution in [0.1, 0.15) is 43.5 Å². The number of aromatic carboxylic acids is 1. The maximum absolute atomic E-state index is 12.8. The summed E-state index contributed by atoms with van der Waals surface area (Å²) in [6, 6.07) is 21.6. The third-order valence-electron chi connectivity index (χ3n) is 5.99.